The van der Waals surface area contributed by atoms with Crippen LogP contribution in [-0.4, -0.2) is 18.3 Å². The Labute approximate surface area is 114 Å². The van der Waals surface area contributed by atoms with Crippen molar-refractivity contribution in [3.05, 3.63) is 36.1 Å². The van der Waals surface area contributed by atoms with Gasteiger partial charge in [0.05, 0.1) is 6.61 Å². The lowest BCUT2D eigenvalue weighted by atomic mass is 10.1. The van der Waals surface area contributed by atoms with E-state index >= 15 is 0 Å². The summed E-state index contributed by atoms with van der Waals surface area (Å²) >= 11 is 0. The summed E-state index contributed by atoms with van der Waals surface area (Å²) < 4.78 is 11.1. The Bertz CT molecular complexity index is 468. The summed E-state index contributed by atoms with van der Waals surface area (Å²) in [5.41, 5.74) is 0.802. The van der Waals surface area contributed by atoms with Gasteiger partial charge in [0, 0.05) is 12.0 Å². The summed E-state index contributed by atoms with van der Waals surface area (Å²) in [5, 5.41) is 11.0. The van der Waals surface area contributed by atoms with Crippen molar-refractivity contribution >= 4 is 11.0 Å². The predicted molar refractivity (Wildman–Crippen MR) is 76.1 cm³/mol. The Kier molecular flexibility index (Phi) is 5.00. The van der Waals surface area contributed by atoms with Crippen LogP contribution in [0.3, 0.4) is 0 Å². The van der Waals surface area contributed by atoms with Crippen molar-refractivity contribution in [1.29, 1.82) is 0 Å². The molecule has 0 radical (unpaired) electrons. The minimum absolute atomic E-state index is 0.290. The molecule has 1 unspecified atom stereocenters. The molecule has 1 atom stereocenters. The maximum absolute atomic E-state index is 10.0. The summed E-state index contributed by atoms with van der Waals surface area (Å²) in [5.74, 6) is 1.27. The highest BCUT2D eigenvalue weighted by atomic mass is 16.5. The molecular formula is C16H22O3. The number of aliphatic hydroxyl groups excluding tert-OH is 1. The van der Waals surface area contributed by atoms with E-state index in [-0.39, 0.29) is 6.61 Å². The summed E-state index contributed by atoms with van der Waals surface area (Å²) in [7, 11) is 0. The molecule has 3 nitrogen and oxygen atoms in total. The average molecular weight is 262 g/mol. The molecule has 0 saturated carbocycles. The maximum Gasteiger partial charge on any atom is 0.136 e. The summed E-state index contributed by atoms with van der Waals surface area (Å²) in [6, 6.07) is 9.62. The molecule has 0 saturated heterocycles. The lowest BCUT2D eigenvalue weighted by molar-refractivity contribution is 0.0238. The minimum Gasteiger partial charge on any atom is -0.458 e. The molecule has 0 amide bonds. The molecule has 104 valence electrons. The summed E-state index contributed by atoms with van der Waals surface area (Å²) in [4.78, 5) is 0. The van der Waals surface area contributed by atoms with Gasteiger partial charge in [-0.05, 0) is 30.9 Å². The molecular weight excluding hydrogens is 240 g/mol. The number of rotatable bonds is 7. The third-order valence-electron chi connectivity index (χ3n) is 3.12. The zero-order valence-corrected chi connectivity index (χ0v) is 11.6. The van der Waals surface area contributed by atoms with Crippen molar-refractivity contribution in [2.45, 2.75) is 32.8 Å². The van der Waals surface area contributed by atoms with Gasteiger partial charge in [0.2, 0.25) is 0 Å². The Morgan fingerprint density at radius 2 is 2.05 bits per heavy atom. The number of hydrogen-bond acceptors (Lipinski definition) is 3. The molecule has 0 aliphatic heterocycles. The fourth-order valence-corrected chi connectivity index (χ4v) is 2.04. The number of para-hydroxylation sites is 1. The molecule has 0 fully saturated rings. The Morgan fingerprint density at radius 3 is 2.79 bits per heavy atom. The van der Waals surface area contributed by atoms with E-state index in [0.717, 1.165) is 23.8 Å². The van der Waals surface area contributed by atoms with Crippen molar-refractivity contribution in [2.75, 3.05) is 13.2 Å². The quantitative estimate of drug-likeness (QED) is 0.769. The highest BCUT2D eigenvalue weighted by Crippen LogP contribution is 2.23. The van der Waals surface area contributed by atoms with E-state index in [4.69, 9.17) is 9.15 Å². The number of hydrogen-bond donors (Lipinski definition) is 1. The van der Waals surface area contributed by atoms with E-state index in [0.29, 0.717) is 18.3 Å². The molecule has 1 heterocycles. The molecule has 1 N–H and O–H groups in total. The van der Waals surface area contributed by atoms with Crippen LogP contribution in [0.25, 0.3) is 11.0 Å². The van der Waals surface area contributed by atoms with Gasteiger partial charge < -0.3 is 14.3 Å². The van der Waals surface area contributed by atoms with Crippen LogP contribution in [0.2, 0.25) is 0 Å². The van der Waals surface area contributed by atoms with Gasteiger partial charge in [-0.15, -0.1) is 0 Å². The van der Waals surface area contributed by atoms with Gasteiger partial charge in [-0.2, -0.15) is 0 Å². The van der Waals surface area contributed by atoms with E-state index in [2.05, 4.69) is 13.8 Å². The lowest BCUT2D eigenvalue weighted by Gasteiger charge is -2.09. The zero-order valence-electron chi connectivity index (χ0n) is 11.6. The molecule has 0 aliphatic carbocycles. The van der Waals surface area contributed by atoms with Gasteiger partial charge in [-0.25, -0.2) is 0 Å². The van der Waals surface area contributed by atoms with Crippen LogP contribution in [-0.2, 0) is 4.74 Å². The number of furan rings is 1. The van der Waals surface area contributed by atoms with Gasteiger partial charge in [0.15, 0.2) is 0 Å². The number of benzene rings is 1. The molecule has 0 aliphatic rings. The number of ether oxygens (including phenoxy) is 1. The van der Waals surface area contributed by atoms with E-state index in [9.17, 15) is 5.11 Å². The van der Waals surface area contributed by atoms with Crippen LogP contribution in [0.15, 0.2) is 34.7 Å². The Hall–Kier alpha value is -1.32. The second-order valence-corrected chi connectivity index (χ2v) is 5.31. The largest absolute Gasteiger partial charge is 0.458 e. The maximum atomic E-state index is 10.0. The SMILES string of the molecule is CC(C)CCCOCC(O)c1cc2ccccc2o1. The standard InChI is InChI=1S/C16H22O3/c1-12(2)6-5-9-18-11-14(17)16-10-13-7-3-4-8-15(13)19-16/h3-4,7-8,10,12,14,17H,5-6,9,11H2,1-2H3. The molecule has 3 heteroatoms. The molecule has 19 heavy (non-hydrogen) atoms. The van der Waals surface area contributed by atoms with Gasteiger partial charge in [-0.3, -0.25) is 0 Å². The van der Waals surface area contributed by atoms with E-state index in [1.165, 1.54) is 0 Å². The van der Waals surface area contributed by atoms with Crippen LogP contribution >= 0.6 is 0 Å². The predicted octanol–water partition coefficient (Wildman–Crippen LogP) is 3.92. The van der Waals surface area contributed by atoms with Crippen LogP contribution in [0.1, 0.15) is 38.6 Å². The fourth-order valence-electron chi connectivity index (χ4n) is 2.04. The first kappa shape index (κ1) is 14.1. The third kappa shape index (κ3) is 4.08. The molecule has 1 aromatic heterocycles. The highest BCUT2D eigenvalue weighted by Gasteiger charge is 2.13. The minimum atomic E-state index is -0.688. The van der Waals surface area contributed by atoms with E-state index < -0.39 is 6.10 Å². The van der Waals surface area contributed by atoms with Gasteiger partial charge >= 0.3 is 0 Å². The fraction of sp³-hybridized carbons (Fsp3) is 0.500. The normalized spacial score (nSPS) is 13.3. The van der Waals surface area contributed by atoms with E-state index in [1.807, 2.05) is 30.3 Å². The Morgan fingerprint density at radius 1 is 1.26 bits per heavy atom. The molecule has 2 rings (SSSR count). The van der Waals surface area contributed by atoms with Crippen molar-refractivity contribution in [3.63, 3.8) is 0 Å². The Balaban J connectivity index is 1.81. The lowest BCUT2D eigenvalue weighted by Crippen LogP contribution is -2.07. The molecule has 1 aromatic carbocycles. The summed E-state index contributed by atoms with van der Waals surface area (Å²) in [6.45, 7) is 5.37. The number of aliphatic hydroxyl groups is 1. The smallest absolute Gasteiger partial charge is 0.136 e. The first-order valence-electron chi connectivity index (χ1n) is 6.91. The monoisotopic (exact) mass is 262 g/mol. The van der Waals surface area contributed by atoms with Crippen molar-refractivity contribution < 1.29 is 14.3 Å². The van der Waals surface area contributed by atoms with Crippen molar-refractivity contribution in [1.82, 2.24) is 0 Å². The third-order valence-corrected chi connectivity index (χ3v) is 3.12. The molecule has 0 bridgehead atoms. The van der Waals surface area contributed by atoms with Crippen molar-refractivity contribution in [3.8, 4) is 0 Å². The van der Waals surface area contributed by atoms with E-state index in [1.54, 1.807) is 0 Å². The van der Waals surface area contributed by atoms with Crippen LogP contribution < -0.4 is 0 Å². The molecule has 2 aromatic rings. The van der Waals surface area contributed by atoms with Crippen molar-refractivity contribution in [2.24, 2.45) is 5.92 Å². The number of fused-ring (bicyclic) bond motifs is 1. The topological polar surface area (TPSA) is 42.6 Å². The molecule has 0 spiro atoms. The average Bonchev–Trinajstić information content (AvgIpc) is 2.81. The first-order chi connectivity index (χ1) is 9.16. The zero-order chi connectivity index (χ0) is 13.7. The van der Waals surface area contributed by atoms with Gasteiger partial charge in [0.25, 0.3) is 0 Å². The second kappa shape index (κ2) is 6.73. The highest BCUT2D eigenvalue weighted by molar-refractivity contribution is 5.77. The summed E-state index contributed by atoms with van der Waals surface area (Å²) in [6.07, 6.45) is 1.50. The van der Waals surface area contributed by atoms with Crippen LogP contribution in [0, 0.1) is 5.92 Å². The second-order valence-electron chi connectivity index (χ2n) is 5.31. The van der Waals surface area contributed by atoms with Gasteiger partial charge in [-0.1, -0.05) is 32.0 Å². The van der Waals surface area contributed by atoms with Gasteiger partial charge in [0.1, 0.15) is 17.4 Å². The van der Waals surface area contributed by atoms with Crippen LogP contribution in [0.5, 0.6) is 0 Å². The van der Waals surface area contributed by atoms with Crippen LogP contribution in [0.4, 0.5) is 0 Å². The first-order valence-corrected chi connectivity index (χ1v) is 6.91.